The minimum atomic E-state index is -0.113. The van der Waals surface area contributed by atoms with Crippen LogP contribution >= 0.6 is 0 Å². The van der Waals surface area contributed by atoms with Gasteiger partial charge in [-0.05, 0) is 38.1 Å². The highest BCUT2D eigenvalue weighted by Gasteiger charge is 2.14. The fourth-order valence-corrected chi connectivity index (χ4v) is 3.16. The topological polar surface area (TPSA) is 55.4 Å². The van der Waals surface area contributed by atoms with Gasteiger partial charge >= 0.3 is 5.69 Å². The lowest BCUT2D eigenvalue weighted by Crippen LogP contribution is -2.33. The van der Waals surface area contributed by atoms with E-state index in [0.717, 1.165) is 24.0 Å². The molecule has 2 aromatic heterocycles. The molecule has 6 heteroatoms. The molecule has 0 bridgehead atoms. The number of hydrogen-bond acceptors (Lipinski definition) is 4. The zero-order valence-electron chi connectivity index (χ0n) is 12.5. The van der Waals surface area contributed by atoms with Gasteiger partial charge in [-0.1, -0.05) is 25.0 Å². The molecule has 0 aliphatic carbocycles. The van der Waals surface area contributed by atoms with Crippen molar-refractivity contribution in [2.75, 3.05) is 13.1 Å². The Morgan fingerprint density at radius 1 is 1.05 bits per heavy atom. The van der Waals surface area contributed by atoms with Crippen molar-refractivity contribution >= 4 is 16.6 Å². The van der Waals surface area contributed by atoms with Crippen LogP contribution < -0.4 is 5.69 Å². The highest BCUT2D eigenvalue weighted by molar-refractivity contribution is 5.90. The number of benzene rings is 1. The van der Waals surface area contributed by atoms with Crippen LogP contribution in [0.15, 0.2) is 35.4 Å². The first-order chi connectivity index (χ1) is 10.8. The number of para-hydroxylation sites is 1. The van der Waals surface area contributed by atoms with E-state index in [9.17, 15) is 4.79 Å². The van der Waals surface area contributed by atoms with Gasteiger partial charge in [0, 0.05) is 5.39 Å². The van der Waals surface area contributed by atoms with E-state index in [0.29, 0.717) is 12.3 Å². The molecule has 1 saturated heterocycles. The third kappa shape index (κ3) is 2.29. The zero-order valence-corrected chi connectivity index (χ0v) is 12.5. The van der Waals surface area contributed by atoms with Gasteiger partial charge in [0.15, 0.2) is 5.65 Å². The van der Waals surface area contributed by atoms with Crippen molar-refractivity contribution in [2.24, 2.45) is 0 Å². The van der Waals surface area contributed by atoms with E-state index in [1.807, 2.05) is 24.3 Å². The molecule has 1 aliphatic rings. The van der Waals surface area contributed by atoms with E-state index in [2.05, 4.69) is 15.0 Å². The van der Waals surface area contributed by atoms with Gasteiger partial charge in [-0.15, -0.1) is 5.10 Å². The molecular weight excluding hydrogens is 278 g/mol. The van der Waals surface area contributed by atoms with Gasteiger partial charge in [0.1, 0.15) is 6.33 Å². The standard InChI is InChI=1S/C16H19N5O/c22-16-20-11-17-14-8-4-3-7-13(14)15(20)18-21(16)12-19-9-5-1-2-6-10-19/h3-4,7-8,11H,1-2,5-6,9-10,12H2. The highest BCUT2D eigenvalue weighted by atomic mass is 16.2. The van der Waals surface area contributed by atoms with Gasteiger partial charge in [-0.3, -0.25) is 4.90 Å². The summed E-state index contributed by atoms with van der Waals surface area (Å²) >= 11 is 0. The fraction of sp³-hybridized carbons (Fsp3) is 0.438. The van der Waals surface area contributed by atoms with Crippen molar-refractivity contribution < 1.29 is 0 Å². The third-order valence-electron chi connectivity index (χ3n) is 4.36. The molecular formula is C16H19N5O. The number of rotatable bonds is 2. The van der Waals surface area contributed by atoms with E-state index in [4.69, 9.17) is 0 Å². The molecule has 0 amide bonds. The molecule has 0 radical (unpaired) electrons. The van der Waals surface area contributed by atoms with E-state index in [1.165, 1.54) is 25.7 Å². The average Bonchev–Trinajstić information content (AvgIpc) is 2.73. The summed E-state index contributed by atoms with van der Waals surface area (Å²) in [7, 11) is 0. The summed E-state index contributed by atoms with van der Waals surface area (Å²) in [6.45, 7) is 2.65. The Labute approximate surface area is 128 Å². The molecule has 4 rings (SSSR count). The van der Waals surface area contributed by atoms with Gasteiger partial charge in [0.2, 0.25) is 0 Å². The summed E-state index contributed by atoms with van der Waals surface area (Å²) in [5.74, 6) is 0. The summed E-state index contributed by atoms with van der Waals surface area (Å²) in [5.41, 5.74) is 1.44. The maximum absolute atomic E-state index is 12.5. The monoisotopic (exact) mass is 297 g/mol. The molecule has 22 heavy (non-hydrogen) atoms. The second-order valence-electron chi connectivity index (χ2n) is 5.91. The molecule has 6 nitrogen and oxygen atoms in total. The normalized spacial score (nSPS) is 17.1. The van der Waals surface area contributed by atoms with Gasteiger partial charge in [-0.2, -0.15) is 4.68 Å². The quantitative estimate of drug-likeness (QED) is 0.724. The van der Waals surface area contributed by atoms with Crippen LogP contribution in [0.4, 0.5) is 0 Å². The fourth-order valence-electron chi connectivity index (χ4n) is 3.16. The van der Waals surface area contributed by atoms with Crippen molar-refractivity contribution in [3.8, 4) is 0 Å². The Morgan fingerprint density at radius 2 is 1.82 bits per heavy atom. The minimum absolute atomic E-state index is 0.113. The summed E-state index contributed by atoms with van der Waals surface area (Å²) < 4.78 is 3.11. The first kappa shape index (κ1) is 13.5. The van der Waals surface area contributed by atoms with Crippen LogP contribution in [0, 0.1) is 0 Å². The number of hydrogen-bond donors (Lipinski definition) is 0. The second kappa shape index (κ2) is 5.53. The Bertz CT molecular complexity index is 858. The smallest absolute Gasteiger partial charge is 0.284 e. The van der Waals surface area contributed by atoms with Crippen molar-refractivity contribution in [3.05, 3.63) is 41.1 Å². The maximum Gasteiger partial charge on any atom is 0.352 e. The Morgan fingerprint density at radius 3 is 2.64 bits per heavy atom. The Balaban J connectivity index is 1.76. The van der Waals surface area contributed by atoms with Crippen LogP contribution in [0.25, 0.3) is 16.6 Å². The van der Waals surface area contributed by atoms with E-state index >= 15 is 0 Å². The first-order valence-electron chi connectivity index (χ1n) is 7.88. The number of nitrogens with zero attached hydrogens (tertiary/aromatic N) is 5. The molecule has 0 unspecified atom stereocenters. The van der Waals surface area contributed by atoms with E-state index < -0.39 is 0 Å². The molecule has 1 fully saturated rings. The molecule has 3 heterocycles. The average molecular weight is 297 g/mol. The predicted molar refractivity (Wildman–Crippen MR) is 84.8 cm³/mol. The third-order valence-corrected chi connectivity index (χ3v) is 4.36. The van der Waals surface area contributed by atoms with Gasteiger partial charge in [-0.25, -0.2) is 14.2 Å². The summed E-state index contributed by atoms with van der Waals surface area (Å²) in [5, 5.41) is 5.46. The predicted octanol–water partition coefficient (Wildman–Crippen LogP) is 1.88. The van der Waals surface area contributed by atoms with Crippen molar-refractivity contribution in [1.29, 1.82) is 0 Å². The van der Waals surface area contributed by atoms with Crippen LogP contribution in [-0.4, -0.2) is 37.2 Å². The van der Waals surface area contributed by atoms with Gasteiger partial charge < -0.3 is 0 Å². The zero-order chi connectivity index (χ0) is 14.9. The van der Waals surface area contributed by atoms with Gasteiger partial charge in [0.05, 0.1) is 12.2 Å². The van der Waals surface area contributed by atoms with Crippen LogP contribution in [0.3, 0.4) is 0 Å². The van der Waals surface area contributed by atoms with Crippen molar-refractivity contribution in [2.45, 2.75) is 32.4 Å². The largest absolute Gasteiger partial charge is 0.352 e. The van der Waals surface area contributed by atoms with E-state index in [1.54, 1.807) is 15.4 Å². The van der Waals surface area contributed by atoms with Crippen LogP contribution in [0.5, 0.6) is 0 Å². The summed E-state index contributed by atoms with van der Waals surface area (Å²) in [4.78, 5) is 19.2. The van der Waals surface area contributed by atoms with Crippen molar-refractivity contribution in [3.63, 3.8) is 0 Å². The number of aromatic nitrogens is 4. The maximum atomic E-state index is 12.5. The second-order valence-corrected chi connectivity index (χ2v) is 5.91. The SMILES string of the molecule is O=c1n(CN2CCCCCC2)nc2c3ccccc3ncn12. The summed E-state index contributed by atoms with van der Waals surface area (Å²) in [6.07, 6.45) is 6.54. The molecule has 0 atom stereocenters. The van der Waals surface area contributed by atoms with Crippen molar-refractivity contribution in [1.82, 2.24) is 24.1 Å². The molecule has 0 saturated carbocycles. The number of likely N-dealkylation sites (tertiary alicyclic amines) is 1. The lowest BCUT2D eigenvalue weighted by Gasteiger charge is -2.18. The molecule has 1 aliphatic heterocycles. The first-order valence-corrected chi connectivity index (χ1v) is 7.88. The van der Waals surface area contributed by atoms with Gasteiger partial charge in [0.25, 0.3) is 0 Å². The van der Waals surface area contributed by atoms with Crippen LogP contribution in [0.1, 0.15) is 25.7 Å². The van der Waals surface area contributed by atoms with Crippen LogP contribution in [-0.2, 0) is 6.67 Å². The molecule has 1 aromatic carbocycles. The number of fused-ring (bicyclic) bond motifs is 3. The molecule has 0 spiro atoms. The van der Waals surface area contributed by atoms with Crippen LogP contribution in [0.2, 0.25) is 0 Å². The molecule has 0 N–H and O–H groups in total. The molecule has 114 valence electrons. The highest BCUT2D eigenvalue weighted by Crippen LogP contribution is 2.15. The lowest BCUT2D eigenvalue weighted by atomic mass is 10.2. The van der Waals surface area contributed by atoms with E-state index in [-0.39, 0.29) is 5.69 Å². The molecule has 3 aromatic rings. The lowest BCUT2D eigenvalue weighted by molar-refractivity contribution is 0.212. The summed E-state index contributed by atoms with van der Waals surface area (Å²) in [6, 6.07) is 7.79. The minimum Gasteiger partial charge on any atom is -0.284 e. The Hall–Kier alpha value is -2.21. The Kier molecular flexibility index (Phi) is 3.38.